The summed E-state index contributed by atoms with van der Waals surface area (Å²) in [5.74, 6) is -0.422. The highest BCUT2D eigenvalue weighted by molar-refractivity contribution is 7.89. The number of halogens is 1. The van der Waals surface area contributed by atoms with E-state index in [4.69, 9.17) is 0 Å². The van der Waals surface area contributed by atoms with Gasteiger partial charge in [-0.2, -0.15) is 11.3 Å². The van der Waals surface area contributed by atoms with Crippen LogP contribution in [0.15, 0.2) is 39.9 Å². The van der Waals surface area contributed by atoms with Gasteiger partial charge >= 0.3 is 0 Å². The zero-order valence-electron chi connectivity index (χ0n) is 11.8. The average molecular weight is 328 g/mol. The van der Waals surface area contributed by atoms with E-state index in [9.17, 15) is 12.8 Å². The van der Waals surface area contributed by atoms with Crippen LogP contribution in [0.4, 0.5) is 4.39 Å². The molecule has 0 aliphatic rings. The third kappa shape index (κ3) is 3.88. The van der Waals surface area contributed by atoms with Crippen LogP contribution in [0.2, 0.25) is 0 Å². The molecule has 4 nitrogen and oxygen atoms in total. The van der Waals surface area contributed by atoms with Crippen molar-refractivity contribution < 1.29 is 12.8 Å². The summed E-state index contributed by atoms with van der Waals surface area (Å²) in [6, 6.07) is 5.34. The summed E-state index contributed by atoms with van der Waals surface area (Å²) in [6.07, 6.45) is 0. The van der Waals surface area contributed by atoms with E-state index in [-0.39, 0.29) is 17.5 Å². The highest BCUT2D eigenvalue weighted by atomic mass is 32.2. The van der Waals surface area contributed by atoms with Crippen LogP contribution in [0.3, 0.4) is 0 Å². The Morgan fingerprint density at radius 3 is 2.71 bits per heavy atom. The van der Waals surface area contributed by atoms with Crippen LogP contribution in [0.1, 0.15) is 24.1 Å². The van der Waals surface area contributed by atoms with E-state index in [1.54, 1.807) is 14.0 Å². The Morgan fingerprint density at radius 2 is 2.10 bits per heavy atom. The van der Waals surface area contributed by atoms with Gasteiger partial charge in [-0.1, -0.05) is 0 Å². The van der Waals surface area contributed by atoms with E-state index in [0.717, 1.165) is 5.56 Å². The van der Waals surface area contributed by atoms with Crippen molar-refractivity contribution in [3.63, 3.8) is 0 Å². The molecule has 2 N–H and O–H groups in total. The van der Waals surface area contributed by atoms with Crippen molar-refractivity contribution in [3.8, 4) is 0 Å². The van der Waals surface area contributed by atoms with Crippen molar-refractivity contribution in [1.29, 1.82) is 0 Å². The van der Waals surface area contributed by atoms with Crippen LogP contribution < -0.4 is 10.0 Å². The number of hydrogen-bond donors (Lipinski definition) is 2. The van der Waals surface area contributed by atoms with Gasteiger partial charge in [0.15, 0.2) is 0 Å². The molecule has 0 aliphatic carbocycles. The number of hydrogen-bond acceptors (Lipinski definition) is 4. The van der Waals surface area contributed by atoms with Gasteiger partial charge in [-0.15, -0.1) is 0 Å². The van der Waals surface area contributed by atoms with Crippen LogP contribution in [0, 0.1) is 5.82 Å². The molecule has 0 spiro atoms. The van der Waals surface area contributed by atoms with Crippen molar-refractivity contribution in [2.75, 3.05) is 7.05 Å². The second kappa shape index (κ2) is 6.65. The number of nitrogens with one attached hydrogen (secondary N) is 2. The third-order valence-electron chi connectivity index (χ3n) is 3.07. The summed E-state index contributed by atoms with van der Waals surface area (Å²) in [5.41, 5.74) is 1.23. The molecule has 1 aromatic heterocycles. The van der Waals surface area contributed by atoms with Gasteiger partial charge < -0.3 is 5.32 Å². The SMILES string of the molecule is CNCc1cc(S(=O)(=O)NC(C)c2ccsc2)ccc1F. The molecule has 0 aliphatic heterocycles. The fraction of sp³-hybridized carbons (Fsp3) is 0.286. The molecule has 0 amide bonds. The maximum absolute atomic E-state index is 13.6. The molecular weight excluding hydrogens is 311 g/mol. The molecule has 0 radical (unpaired) electrons. The number of thiophene rings is 1. The summed E-state index contributed by atoms with van der Waals surface area (Å²) in [4.78, 5) is 0.0660. The Labute approximate surface area is 128 Å². The Kier molecular flexibility index (Phi) is 5.10. The van der Waals surface area contributed by atoms with Gasteiger partial charge in [0.25, 0.3) is 0 Å². The predicted octanol–water partition coefficient (Wildman–Crippen LogP) is 2.65. The van der Waals surface area contributed by atoms with Crippen LogP contribution in [-0.4, -0.2) is 15.5 Å². The van der Waals surface area contributed by atoms with Gasteiger partial charge in [-0.3, -0.25) is 0 Å². The topological polar surface area (TPSA) is 58.2 Å². The average Bonchev–Trinajstić information content (AvgIpc) is 2.95. The molecule has 0 fully saturated rings. The predicted molar refractivity (Wildman–Crippen MR) is 82.2 cm³/mol. The molecule has 21 heavy (non-hydrogen) atoms. The molecule has 114 valence electrons. The highest BCUT2D eigenvalue weighted by Crippen LogP contribution is 2.20. The second-order valence-corrected chi connectivity index (χ2v) is 7.18. The molecule has 1 unspecified atom stereocenters. The molecule has 1 heterocycles. The molecule has 1 atom stereocenters. The maximum atomic E-state index is 13.6. The van der Waals surface area contributed by atoms with Gasteiger partial charge in [-0.25, -0.2) is 17.5 Å². The van der Waals surface area contributed by atoms with Gasteiger partial charge in [0, 0.05) is 18.2 Å². The zero-order chi connectivity index (χ0) is 15.5. The number of sulfonamides is 1. The van der Waals surface area contributed by atoms with Crippen molar-refractivity contribution in [3.05, 3.63) is 52.0 Å². The summed E-state index contributed by atoms with van der Waals surface area (Å²) in [5, 5.41) is 6.60. The Hall–Kier alpha value is -1.28. The van der Waals surface area contributed by atoms with Gasteiger partial charge in [0.2, 0.25) is 10.0 Å². The molecule has 2 aromatic rings. The van der Waals surface area contributed by atoms with E-state index in [1.165, 1.54) is 29.5 Å². The molecule has 1 aromatic carbocycles. The molecule has 0 saturated carbocycles. The fourth-order valence-electron chi connectivity index (χ4n) is 1.93. The van der Waals surface area contributed by atoms with Crippen molar-refractivity contribution in [1.82, 2.24) is 10.0 Å². The van der Waals surface area contributed by atoms with E-state index in [1.807, 2.05) is 16.8 Å². The summed E-state index contributed by atoms with van der Waals surface area (Å²) in [7, 11) is -2.00. The first-order chi connectivity index (χ1) is 9.94. The van der Waals surface area contributed by atoms with Crippen LogP contribution >= 0.6 is 11.3 Å². The van der Waals surface area contributed by atoms with Crippen molar-refractivity contribution in [2.45, 2.75) is 24.4 Å². The van der Waals surface area contributed by atoms with Crippen molar-refractivity contribution in [2.24, 2.45) is 0 Å². The minimum Gasteiger partial charge on any atom is -0.316 e. The second-order valence-electron chi connectivity index (χ2n) is 4.68. The highest BCUT2D eigenvalue weighted by Gasteiger charge is 2.19. The first-order valence-corrected chi connectivity index (χ1v) is 8.84. The minimum atomic E-state index is -3.68. The smallest absolute Gasteiger partial charge is 0.241 e. The minimum absolute atomic E-state index is 0.0660. The molecule has 2 rings (SSSR count). The van der Waals surface area contributed by atoms with Crippen LogP contribution in [-0.2, 0) is 16.6 Å². The van der Waals surface area contributed by atoms with Crippen LogP contribution in [0.5, 0.6) is 0 Å². The summed E-state index contributed by atoms with van der Waals surface area (Å²) >= 11 is 1.51. The van der Waals surface area contributed by atoms with Gasteiger partial charge in [0.05, 0.1) is 4.90 Å². The quantitative estimate of drug-likeness (QED) is 0.857. The number of rotatable bonds is 6. The standard InChI is InChI=1S/C14H17FN2O2S2/c1-10(11-5-6-20-9-11)17-21(18,19)13-3-4-14(15)12(7-13)8-16-2/h3-7,9-10,16-17H,8H2,1-2H3. The van der Waals surface area contributed by atoms with E-state index in [2.05, 4.69) is 10.0 Å². The zero-order valence-corrected chi connectivity index (χ0v) is 13.4. The monoisotopic (exact) mass is 328 g/mol. The van der Waals surface area contributed by atoms with E-state index >= 15 is 0 Å². The molecule has 7 heteroatoms. The first kappa shape index (κ1) is 16.1. The third-order valence-corrected chi connectivity index (χ3v) is 5.31. The summed E-state index contributed by atoms with van der Waals surface area (Å²) in [6.45, 7) is 2.05. The molecule has 0 bridgehead atoms. The fourth-order valence-corrected chi connectivity index (χ4v) is 3.97. The Balaban J connectivity index is 2.25. The van der Waals surface area contributed by atoms with Gasteiger partial charge in [0.1, 0.15) is 5.82 Å². The van der Waals surface area contributed by atoms with Gasteiger partial charge in [-0.05, 0) is 54.6 Å². The lowest BCUT2D eigenvalue weighted by Gasteiger charge is -2.14. The first-order valence-electron chi connectivity index (χ1n) is 6.41. The van der Waals surface area contributed by atoms with Crippen LogP contribution in [0.25, 0.3) is 0 Å². The molecular formula is C14H17FN2O2S2. The maximum Gasteiger partial charge on any atom is 0.241 e. The number of benzene rings is 1. The lowest BCUT2D eigenvalue weighted by atomic mass is 10.2. The van der Waals surface area contributed by atoms with Crippen molar-refractivity contribution >= 4 is 21.4 Å². The molecule has 0 saturated heterocycles. The summed E-state index contributed by atoms with van der Waals surface area (Å²) < 4.78 is 40.9. The lowest BCUT2D eigenvalue weighted by Crippen LogP contribution is -2.27. The van der Waals surface area contributed by atoms with E-state index < -0.39 is 15.8 Å². The lowest BCUT2D eigenvalue weighted by molar-refractivity contribution is 0.565. The van der Waals surface area contributed by atoms with E-state index in [0.29, 0.717) is 5.56 Å². The Morgan fingerprint density at radius 1 is 1.33 bits per heavy atom. The largest absolute Gasteiger partial charge is 0.316 e. The normalized spacial score (nSPS) is 13.3. The Bertz CT molecular complexity index is 700.